The zero-order valence-electron chi connectivity index (χ0n) is 17.0. The summed E-state index contributed by atoms with van der Waals surface area (Å²) in [6, 6.07) is 11.5. The maximum atomic E-state index is 13.2. The van der Waals surface area contributed by atoms with E-state index >= 15 is 0 Å². The number of carbonyl (C=O) groups excluding carboxylic acids is 2. The Morgan fingerprint density at radius 3 is 2.27 bits per heavy atom. The van der Waals surface area contributed by atoms with Crippen LogP contribution in [0.15, 0.2) is 54.1 Å². The summed E-state index contributed by atoms with van der Waals surface area (Å²) in [5.74, 6) is -1.32. The number of amides is 2. The number of hydrogen-bond donors (Lipinski definition) is 1. The summed E-state index contributed by atoms with van der Waals surface area (Å²) in [6.07, 6.45) is 0.807. The molecule has 8 heteroatoms. The molecule has 2 aromatic carbocycles. The number of rotatable bonds is 6. The van der Waals surface area contributed by atoms with E-state index in [9.17, 15) is 22.4 Å². The van der Waals surface area contributed by atoms with Crippen molar-refractivity contribution in [3.63, 3.8) is 0 Å². The molecule has 0 bridgehead atoms. The number of benzene rings is 2. The van der Waals surface area contributed by atoms with Gasteiger partial charge in [0.05, 0.1) is 6.54 Å². The van der Waals surface area contributed by atoms with E-state index in [1.54, 1.807) is 24.3 Å². The lowest BCUT2D eigenvalue weighted by Crippen LogP contribution is -2.32. The maximum Gasteiger partial charge on any atom is 0.268 e. The molecule has 1 aliphatic heterocycles. The summed E-state index contributed by atoms with van der Waals surface area (Å²) < 4.78 is 40.1. The molecule has 0 aromatic heterocycles. The molecule has 0 aliphatic carbocycles. The molecule has 1 heterocycles. The molecular formula is C22H23FN2O4S. The molecule has 1 unspecified atom stereocenters. The standard InChI is InChI=1S/C22H23FN2O4S/c1-4-14(2)24-21(26)18-7-5-16(6-8-18)13-25-22(27)15(3)20(30(25,28)29)17-9-11-19(23)12-10-17/h5-12,14H,4,13H2,1-3H3,(H,24,26). The average Bonchev–Trinajstić information content (AvgIpc) is 2.88. The molecule has 30 heavy (non-hydrogen) atoms. The van der Waals surface area contributed by atoms with Crippen molar-refractivity contribution in [3.05, 3.63) is 76.6 Å². The van der Waals surface area contributed by atoms with Gasteiger partial charge in [0.1, 0.15) is 10.7 Å². The van der Waals surface area contributed by atoms with Crippen molar-refractivity contribution in [2.24, 2.45) is 0 Å². The minimum atomic E-state index is -4.07. The van der Waals surface area contributed by atoms with Crippen LogP contribution in [0.1, 0.15) is 48.7 Å². The Morgan fingerprint density at radius 1 is 1.10 bits per heavy atom. The van der Waals surface area contributed by atoms with Crippen molar-refractivity contribution in [1.29, 1.82) is 0 Å². The quantitative estimate of drug-likeness (QED) is 0.761. The largest absolute Gasteiger partial charge is 0.350 e. The van der Waals surface area contributed by atoms with Crippen molar-refractivity contribution in [2.75, 3.05) is 0 Å². The molecule has 0 fully saturated rings. The number of carbonyl (C=O) groups is 2. The Bertz CT molecular complexity index is 1110. The molecule has 0 saturated heterocycles. The highest BCUT2D eigenvalue weighted by Crippen LogP contribution is 2.36. The fraction of sp³-hybridized carbons (Fsp3) is 0.273. The Morgan fingerprint density at radius 2 is 1.70 bits per heavy atom. The Labute approximate surface area is 175 Å². The van der Waals surface area contributed by atoms with E-state index in [2.05, 4.69) is 5.32 Å². The van der Waals surface area contributed by atoms with Crippen LogP contribution in [0, 0.1) is 5.82 Å². The number of nitrogens with zero attached hydrogens (tertiary/aromatic N) is 1. The number of hydrogen-bond acceptors (Lipinski definition) is 4. The van der Waals surface area contributed by atoms with Crippen LogP contribution in [0.25, 0.3) is 4.91 Å². The van der Waals surface area contributed by atoms with Gasteiger partial charge in [-0.05, 0) is 55.7 Å². The highest BCUT2D eigenvalue weighted by Gasteiger charge is 2.42. The fourth-order valence-electron chi connectivity index (χ4n) is 3.16. The van der Waals surface area contributed by atoms with Crippen molar-refractivity contribution in [2.45, 2.75) is 39.8 Å². The van der Waals surface area contributed by atoms with Crippen molar-refractivity contribution < 1.29 is 22.4 Å². The van der Waals surface area contributed by atoms with Crippen LogP contribution < -0.4 is 5.32 Å². The van der Waals surface area contributed by atoms with Crippen LogP contribution in [0.4, 0.5) is 4.39 Å². The summed E-state index contributed by atoms with van der Waals surface area (Å²) in [6.45, 7) is 5.17. The molecule has 2 aromatic rings. The lowest BCUT2D eigenvalue weighted by Gasteiger charge is -2.17. The van der Waals surface area contributed by atoms with Gasteiger partial charge in [0.15, 0.2) is 0 Å². The highest BCUT2D eigenvalue weighted by atomic mass is 32.2. The summed E-state index contributed by atoms with van der Waals surface area (Å²) in [5.41, 5.74) is 1.38. The lowest BCUT2D eigenvalue weighted by molar-refractivity contribution is -0.122. The smallest absolute Gasteiger partial charge is 0.268 e. The summed E-state index contributed by atoms with van der Waals surface area (Å²) in [4.78, 5) is 24.7. The lowest BCUT2D eigenvalue weighted by atomic mass is 10.1. The molecule has 0 saturated carbocycles. The first kappa shape index (κ1) is 21.7. The second-order valence-corrected chi connectivity index (χ2v) is 9.06. The first-order valence-electron chi connectivity index (χ1n) is 9.58. The zero-order valence-corrected chi connectivity index (χ0v) is 17.8. The normalized spacial score (nSPS) is 16.7. The van der Waals surface area contributed by atoms with Gasteiger partial charge in [-0.15, -0.1) is 0 Å². The molecule has 1 atom stereocenters. The molecule has 158 valence electrons. The van der Waals surface area contributed by atoms with Crippen LogP contribution in [-0.4, -0.2) is 30.6 Å². The van der Waals surface area contributed by atoms with E-state index in [-0.39, 0.29) is 34.5 Å². The van der Waals surface area contributed by atoms with Crippen molar-refractivity contribution in [1.82, 2.24) is 9.62 Å². The minimum Gasteiger partial charge on any atom is -0.350 e. The number of sulfonamides is 1. The molecule has 0 radical (unpaired) electrons. The van der Waals surface area contributed by atoms with Crippen LogP contribution in [-0.2, 0) is 21.4 Å². The minimum absolute atomic E-state index is 0.0449. The van der Waals surface area contributed by atoms with Gasteiger partial charge >= 0.3 is 0 Å². The molecule has 3 rings (SSSR count). The molecule has 2 amide bonds. The zero-order chi connectivity index (χ0) is 22.1. The molecular weight excluding hydrogens is 407 g/mol. The second-order valence-electron chi connectivity index (χ2n) is 7.26. The van der Waals surface area contributed by atoms with Gasteiger partial charge in [0, 0.05) is 17.2 Å². The average molecular weight is 431 g/mol. The second kappa shape index (κ2) is 8.39. The maximum absolute atomic E-state index is 13.2. The third-order valence-electron chi connectivity index (χ3n) is 5.07. The Balaban J connectivity index is 1.82. The molecule has 6 nitrogen and oxygen atoms in total. The van der Waals surface area contributed by atoms with Gasteiger partial charge in [-0.2, -0.15) is 0 Å². The Kier molecular flexibility index (Phi) is 6.07. The summed E-state index contributed by atoms with van der Waals surface area (Å²) in [5, 5.41) is 2.86. The van der Waals surface area contributed by atoms with Gasteiger partial charge in [0.2, 0.25) is 0 Å². The van der Waals surface area contributed by atoms with E-state index in [4.69, 9.17) is 0 Å². The van der Waals surface area contributed by atoms with Gasteiger partial charge < -0.3 is 5.32 Å². The van der Waals surface area contributed by atoms with Gasteiger partial charge in [-0.3, -0.25) is 9.59 Å². The molecule has 1 aliphatic rings. The summed E-state index contributed by atoms with van der Waals surface area (Å²) >= 11 is 0. The van der Waals surface area contributed by atoms with Crippen LogP contribution in [0.2, 0.25) is 0 Å². The predicted octanol–water partition coefficient (Wildman–Crippen LogP) is 3.46. The number of halogens is 1. The van der Waals surface area contributed by atoms with Crippen molar-refractivity contribution in [3.8, 4) is 0 Å². The van der Waals surface area contributed by atoms with Crippen LogP contribution in [0.3, 0.4) is 0 Å². The Hall–Kier alpha value is -3.00. The van der Waals surface area contributed by atoms with E-state index in [0.29, 0.717) is 11.1 Å². The van der Waals surface area contributed by atoms with Crippen LogP contribution in [0.5, 0.6) is 0 Å². The van der Waals surface area contributed by atoms with E-state index < -0.39 is 21.7 Å². The molecule has 0 spiro atoms. The van der Waals surface area contributed by atoms with Crippen LogP contribution >= 0.6 is 0 Å². The monoisotopic (exact) mass is 430 g/mol. The predicted molar refractivity (Wildman–Crippen MR) is 112 cm³/mol. The third-order valence-corrected chi connectivity index (χ3v) is 7.01. The van der Waals surface area contributed by atoms with E-state index in [1.807, 2.05) is 13.8 Å². The summed E-state index contributed by atoms with van der Waals surface area (Å²) in [7, 11) is -4.07. The fourth-order valence-corrected chi connectivity index (χ4v) is 4.96. The van der Waals surface area contributed by atoms with Gasteiger partial charge in [-0.25, -0.2) is 17.1 Å². The third kappa shape index (κ3) is 4.14. The first-order valence-corrected chi connectivity index (χ1v) is 11.0. The van der Waals surface area contributed by atoms with Crippen molar-refractivity contribution >= 4 is 26.7 Å². The van der Waals surface area contributed by atoms with E-state index in [1.165, 1.54) is 19.1 Å². The number of nitrogens with one attached hydrogen (secondary N) is 1. The van der Waals surface area contributed by atoms with Gasteiger partial charge in [-0.1, -0.05) is 31.2 Å². The SMILES string of the molecule is CCC(C)NC(=O)c1ccc(CN2C(=O)C(C)=C(c3ccc(F)cc3)S2(=O)=O)cc1. The molecule has 1 N–H and O–H groups in total. The first-order chi connectivity index (χ1) is 14.1. The topological polar surface area (TPSA) is 83.6 Å². The highest BCUT2D eigenvalue weighted by molar-refractivity contribution is 7.99. The van der Waals surface area contributed by atoms with E-state index in [0.717, 1.165) is 22.9 Å². The van der Waals surface area contributed by atoms with Gasteiger partial charge in [0.25, 0.3) is 21.8 Å².